The van der Waals surface area contributed by atoms with E-state index in [9.17, 15) is 13.2 Å². The molecule has 0 aliphatic carbocycles. The molecule has 124 valence electrons. The summed E-state index contributed by atoms with van der Waals surface area (Å²) in [4.78, 5) is 0. The van der Waals surface area contributed by atoms with Crippen LogP contribution >= 0.6 is 0 Å². The fraction of sp³-hybridized carbons (Fsp3) is 0.238. The maximum Gasteiger partial charge on any atom is 0.410 e. The number of halogens is 3. The van der Waals surface area contributed by atoms with Crippen molar-refractivity contribution in [2.45, 2.75) is 32.4 Å². The van der Waals surface area contributed by atoms with Gasteiger partial charge in [0.05, 0.1) is 0 Å². The SMILES string of the molecule is CC(C)(C)c1ccc(/C(C#Cc2ccccc2)=C\C(F)(F)F)cc1. The number of hydrogen-bond donors (Lipinski definition) is 0. The number of benzene rings is 2. The minimum absolute atomic E-state index is 0.0354. The highest BCUT2D eigenvalue weighted by atomic mass is 19.4. The van der Waals surface area contributed by atoms with Gasteiger partial charge in [-0.05, 0) is 28.7 Å². The van der Waals surface area contributed by atoms with Crippen LogP contribution in [0.3, 0.4) is 0 Å². The first-order valence-electron chi connectivity index (χ1n) is 7.63. The first kappa shape index (κ1) is 17.9. The van der Waals surface area contributed by atoms with E-state index in [1.165, 1.54) is 0 Å². The first-order valence-corrected chi connectivity index (χ1v) is 7.63. The summed E-state index contributed by atoms with van der Waals surface area (Å²) in [6.07, 6.45) is -4.15. The van der Waals surface area contributed by atoms with Crippen molar-refractivity contribution in [3.63, 3.8) is 0 Å². The maximum absolute atomic E-state index is 12.8. The van der Waals surface area contributed by atoms with E-state index in [1.54, 1.807) is 36.4 Å². The molecule has 0 fully saturated rings. The van der Waals surface area contributed by atoms with Crippen LogP contribution < -0.4 is 0 Å². The van der Waals surface area contributed by atoms with Crippen molar-refractivity contribution >= 4 is 5.57 Å². The van der Waals surface area contributed by atoms with Crippen LogP contribution in [-0.4, -0.2) is 6.18 Å². The molecular formula is C21H19F3. The van der Waals surface area contributed by atoms with Crippen LogP contribution in [0.5, 0.6) is 0 Å². The molecule has 0 nitrogen and oxygen atoms in total. The summed E-state index contributed by atoms with van der Waals surface area (Å²) in [6, 6.07) is 16.1. The molecule has 0 spiro atoms. The zero-order chi connectivity index (χ0) is 17.8. The van der Waals surface area contributed by atoms with Gasteiger partial charge in [0.2, 0.25) is 0 Å². The molecule has 0 radical (unpaired) electrons. The third-order valence-electron chi connectivity index (χ3n) is 3.49. The standard InChI is InChI=1S/C21H19F3/c1-20(2,3)19-13-11-17(12-14-19)18(15-21(22,23)24)10-9-16-7-5-4-6-8-16/h4-8,11-15H,1-3H3/b18-15-. The van der Waals surface area contributed by atoms with Crippen LogP contribution in [0.1, 0.15) is 37.5 Å². The van der Waals surface area contributed by atoms with Gasteiger partial charge in [0.15, 0.2) is 0 Å². The Morgan fingerprint density at radius 3 is 1.96 bits per heavy atom. The zero-order valence-electron chi connectivity index (χ0n) is 13.9. The van der Waals surface area contributed by atoms with E-state index in [1.807, 2.05) is 18.2 Å². The molecule has 0 bridgehead atoms. The number of rotatable bonds is 1. The minimum Gasteiger partial charge on any atom is -0.167 e. The monoisotopic (exact) mass is 328 g/mol. The molecule has 0 saturated heterocycles. The van der Waals surface area contributed by atoms with Gasteiger partial charge in [-0.15, -0.1) is 0 Å². The lowest BCUT2D eigenvalue weighted by molar-refractivity contribution is -0.0792. The van der Waals surface area contributed by atoms with Crippen molar-refractivity contribution in [3.8, 4) is 11.8 Å². The zero-order valence-corrected chi connectivity index (χ0v) is 13.9. The summed E-state index contributed by atoms with van der Waals surface area (Å²) in [7, 11) is 0. The van der Waals surface area contributed by atoms with Gasteiger partial charge in [-0.1, -0.05) is 75.1 Å². The topological polar surface area (TPSA) is 0 Å². The van der Waals surface area contributed by atoms with E-state index in [4.69, 9.17) is 0 Å². The maximum atomic E-state index is 12.8. The van der Waals surface area contributed by atoms with Crippen molar-refractivity contribution in [1.82, 2.24) is 0 Å². The van der Waals surface area contributed by atoms with Gasteiger partial charge in [-0.3, -0.25) is 0 Å². The largest absolute Gasteiger partial charge is 0.410 e. The van der Waals surface area contributed by atoms with Gasteiger partial charge < -0.3 is 0 Å². The highest BCUT2D eigenvalue weighted by Gasteiger charge is 2.24. The Labute approximate surface area is 141 Å². The molecule has 2 rings (SSSR count). The van der Waals surface area contributed by atoms with E-state index in [2.05, 4.69) is 32.6 Å². The minimum atomic E-state index is -4.41. The molecule has 3 heteroatoms. The molecule has 2 aromatic carbocycles. The molecular weight excluding hydrogens is 309 g/mol. The second-order valence-electron chi connectivity index (χ2n) is 6.54. The highest BCUT2D eigenvalue weighted by Crippen LogP contribution is 2.27. The Balaban J connectivity index is 2.41. The van der Waals surface area contributed by atoms with Gasteiger partial charge >= 0.3 is 6.18 Å². The molecule has 24 heavy (non-hydrogen) atoms. The van der Waals surface area contributed by atoms with Gasteiger partial charge in [-0.25, -0.2) is 0 Å². The molecule has 2 aromatic rings. The first-order chi connectivity index (χ1) is 11.1. The van der Waals surface area contributed by atoms with Crippen LogP contribution in [-0.2, 0) is 5.41 Å². The normalized spacial score (nSPS) is 12.5. The Morgan fingerprint density at radius 1 is 0.875 bits per heavy atom. The number of alkyl halides is 3. The fourth-order valence-corrected chi connectivity index (χ4v) is 2.17. The molecule has 0 amide bonds. The van der Waals surface area contributed by atoms with Crippen molar-refractivity contribution in [2.24, 2.45) is 0 Å². The quantitative estimate of drug-likeness (QED) is 0.565. The van der Waals surface area contributed by atoms with Crippen LogP contribution in [0.4, 0.5) is 13.2 Å². The Kier molecular flexibility index (Phi) is 5.19. The molecule has 0 aliphatic heterocycles. The predicted octanol–water partition coefficient (Wildman–Crippen LogP) is 5.98. The van der Waals surface area contributed by atoms with Crippen LogP contribution in [0.2, 0.25) is 0 Å². The Bertz CT molecular complexity index is 762. The average molecular weight is 328 g/mol. The lowest BCUT2D eigenvalue weighted by Gasteiger charge is -2.19. The van der Waals surface area contributed by atoms with E-state index >= 15 is 0 Å². The predicted molar refractivity (Wildman–Crippen MR) is 92.5 cm³/mol. The molecule has 0 N–H and O–H groups in total. The van der Waals surface area contributed by atoms with Gasteiger partial charge in [0.25, 0.3) is 0 Å². The van der Waals surface area contributed by atoms with Crippen LogP contribution in [0, 0.1) is 11.8 Å². The van der Waals surface area contributed by atoms with Crippen molar-refractivity contribution in [2.75, 3.05) is 0 Å². The summed E-state index contributed by atoms with van der Waals surface area (Å²) < 4.78 is 38.5. The van der Waals surface area contributed by atoms with Gasteiger partial charge in [0, 0.05) is 17.2 Å². The summed E-state index contributed by atoms with van der Waals surface area (Å²) in [5.41, 5.74) is 2.11. The van der Waals surface area contributed by atoms with Crippen molar-refractivity contribution in [1.29, 1.82) is 0 Å². The Hall–Kier alpha value is -2.47. The lowest BCUT2D eigenvalue weighted by atomic mass is 9.86. The summed E-state index contributed by atoms with van der Waals surface area (Å²) in [5.74, 6) is 5.45. The second kappa shape index (κ2) is 6.97. The van der Waals surface area contributed by atoms with Crippen LogP contribution in [0.25, 0.3) is 5.57 Å². The van der Waals surface area contributed by atoms with Crippen LogP contribution in [0.15, 0.2) is 60.7 Å². The van der Waals surface area contributed by atoms with Crippen molar-refractivity contribution < 1.29 is 13.2 Å². The third-order valence-corrected chi connectivity index (χ3v) is 3.49. The molecule has 0 aromatic heterocycles. The van der Waals surface area contributed by atoms with E-state index in [-0.39, 0.29) is 17.1 Å². The molecule has 0 saturated carbocycles. The molecule has 0 aliphatic rings. The van der Waals surface area contributed by atoms with E-state index in [0.29, 0.717) is 11.1 Å². The number of allylic oxidation sites excluding steroid dienone is 2. The number of hydrogen-bond acceptors (Lipinski definition) is 0. The summed E-state index contributed by atoms with van der Waals surface area (Å²) >= 11 is 0. The molecule has 0 unspecified atom stereocenters. The van der Waals surface area contributed by atoms with Gasteiger partial charge in [0.1, 0.15) is 0 Å². The molecule has 0 atom stereocenters. The highest BCUT2D eigenvalue weighted by molar-refractivity contribution is 5.80. The smallest absolute Gasteiger partial charge is 0.167 e. The lowest BCUT2D eigenvalue weighted by Crippen LogP contribution is -2.10. The average Bonchev–Trinajstić information content (AvgIpc) is 2.51. The third kappa shape index (κ3) is 5.31. The summed E-state index contributed by atoms with van der Waals surface area (Å²) in [5, 5.41) is 0. The summed E-state index contributed by atoms with van der Waals surface area (Å²) in [6.45, 7) is 6.18. The Morgan fingerprint density at radius 2 is 1.46 bits per heavy atom. The van der Waals surface area contributed by atoms with Crippen molar-refractivity contribution in [3.05, 3.63) is 77.4 Å². The van der Waals surface area contributed by atoms with E-state index in [0.717, 1.165) is 5.56 Å². The second-order valence-corrected chi connectivity index (χ2v) is 6.54. The van der Waals surface area contributed by atoms with Gasteiger partial charge in [-0.2, -0.15) is 13.2 Å². The fourth-order valence-electron chi connectivity index (χ4n) is 2.17. The molecule has 0 heterocycles. The van der Waals surface area contributed by atoms with E-state index < -0.39 is 6.18 Å².